The van der Waals surface area contributed by atoms with E-state index in [9.17, 15) is 4.79 Å². The Balaban J connectivity index is 1.16. The van der Waals surface area contributed by atoms with Crippen LogP contribution in [0, 0.1) is 0 Å². The molecular weight excluding hydrogens is 494 g/mol. The topological polar surface area (TPSA) is 74.6 Å². The van der Waals surface area contributed by atoms with E-state index in [2.05, 4.69) is 26.3 Å². The Hall–Kier alpha value is -3.30. The average Bonchev–Trinajstić information content (AvgIpc) is 3.54. The first-order valence-electron chi connectivity index (χ1n) is 9.80. The largest absolute Gasteiger partial charge is 0.489 e. The van der Waals surface area contributed by atoms with Gasteiger partial charge >= 0.3 is 0 Å². The highest BCUT2D eigenvalue weighted by molar-refractivity contribution is 9.10. The van der Waals surface area contributed by atoms with Gasteiger partial charge in [-0.1, -0.05) is 28.1 Å². The maximum Gasteiger partial charge on any atom is 0.265 e. The van der Waals surface area contributed by atoms with Crippen molar-refractivity contribution in [2.75, 3.05) is 12.1 Å². The maximum absolute atomic E-state index is 12.6. The minimum Gasteiger partial charge on any atom is -0.489 e. The first kappa shape index (κ1) is 20.6. The number of hydrogen-bond donors (Lipinski definition) is 1. The van der Waals surface area contributed by atoms with Crippen molar-refractivity contribution in [3.8, 4) is 17.2 Å². The Morgan fingerprint density at radius 2 is 1.97 bits per heavy atom. The summed E-state index contributed by atoms with van der Waals surface area (Å²) in [6.45, 7) is 1.21. The fraction of sp³-hybridized carbons (Fsp3) is 0.130. The first-order valence-corrected chi connectivity index (χ1v) is 11.5. The van der Waals surface area contributed by atoms with Crippen LogP contribution in [0.25, 0.3) is 0 Å². The van der Waals surface area contributed by atoms with Gasteiger partial charge in [0, 0.05) is 22.3 Å². The molecule has 3 heterocycles. The first-order chi connectivity index (χ1) is 15.6. The molecule has 5 rings (SSSR count). The average molecular weight is 512 g/mol. The van der Waals surface area contributed by atoms with E-state index in [0.29, 0.717) is 41.0 Å². The van der Waals surface area contributed by atoms with Crippen molar-refractivity contribution in [3.63, 3.8) is 0 Å². The van der Waals surface area contributed by atoms with Gasteiger partial charge in [0.2, 0.25) is 6.79 Å². The molecule has 0 saturated heterocycles. The number of carbonyl (C=O) groups is 1. The molecule has 1 aliphatic heterocycles. The third-order valence-electron chi connectivity index (χ3n) is 4.78. The molecule has 32 heavy (non-hydrogen) atoms. The number of aromatic nitrogens is 2. The van der Waals surface area contributed by atoms with E-state index in [1.807, 2.05) is 54.0 Å². The molecule has 162 valence electrons. The molecule has 2 aromatic heterocycles. The van der Waals surface area contributed by atoms with Gasteiger partial charge < -0.3 is 19.5 Å². The molecule has 0 spiro atoms. The molecule has 4 aromatic rings. The number of hydrogen-bond acceptors (Lipinski definition) is 6. The molecule has 0 unspecified atom stereocenters. The molecule has 7 nitrogen and oxygen atoms in total. The number of anilines is 1. The normalized spacial score (nSPS) is 12.0. The Kier molecular flexibility index (Phi) is 5.83. The van der Waals surface area contributed by atoms with E-state index < -0.39 is 0 Å². The van der Waals surface area contributed by atoms with E-state index in [-0.39, 0.29) is 12.7 Å². The van der Waals surface area contributed by atoms with E-state index in [1.54, 1.807) is 16.9 Å². The van der Waals surface area contributed by atoms with Crippen molar-refractivity contribution in [3.05, 3.63) is 86.8 Å². The van der Waals surface area contributed by atoms with E-state index in [0.717, 1.165) is 15.6 Å². The van der Waals surface area contributed by atoms with Crippen LogP contribution in [0.4, 0.5) is 5.69 Å². The number of thiophene rings is 1. The fourth-order valence-corrected chi connectivity index (χ4v) is 4.24. The summed E-state index contributed by atoms with van der Waals surface area (Å²) in [4.78, 5) is 13.2. The zero-order chi connectivity index (χ0) is 21.9. The van der Waals surface area contributed by atoms with Crippen molar-refractivity contribution in [2.24, 2.45) is 0 Å². The van der Waals surface area contributed by atoms with Gasteiger partial charge in [-0.3, -0.25) is 9.48 Å². The second-order valence-corrected chi connectivity index (χ2v) is 8.96. The minimum atomic E-state index is -0.174. The quantitative estimate of drug-likeness (QED) is 0.363. The van der Waals surface area contributed by atoms with Crippen LogP contribution in [0.2, 0.25) is 0 Å². The number of fused-ring (bicyclic) bond motifs is 1. The molecule has 0 fully saturated rings. The van der Waals surface area contributed by atoms with Crippen LogP contribution in [0.15, 0.2) is 70.8 Å². The van der Waals surface area contributed by atoms with Gasteiger partial charge in [0.1, 0.15) is 12.4 Å². The predicted molar refractivity (Wildman–Crippen MR) is 125 cm³/mol. The number of ether oxygens (including phenoxy) is 3. The molecule has 1 amide bonds. The molecule has 0 atom stereocenters. The van der Waals surface area contributed by atoms with Crippen molar-refractivity contribution in [1.29, 1.82) is 0 Å². The molecule has 1 N–H and O–H groups in total. The van der Waals surface area contributed by atoms with Gasteiger partial charge in [0.15, 0.2) is 11.5 Å². The summed E-state index contributed by atoms with van der Waals surface area (Å²) in [6, 6.07) is 15.3. The molecule has 9 heteroatoms. The monoisotopic (exact) mass is 511 g/mol. The third-order valence-corrected chi connectivity index (χ3v) is 6.28. The predicted octanol–water partition coefficient (Wildman–Crippen LogP) is 5.32. The SMILES string of the molecule is O=C(Nc1cnn(Cc2ccc(Br)cc2)c1)c1cc(COc2ccc3c(c2)OCO3)cs1. The number of halogens is 1. The lowest BCUT2D eigenvalue weighted by molar-refractivity contribution is 0.103. The van der Waals surface area contributed by atoms with Gasteiger partial charge in [0.05, 0.1) is 23.3 Å². The smallest absolute Gasteiger partial charge is 0.265 e. The zero-order valence-corrected chi connectivity index (χ0v) is 19.2. The van der Waals surface area contributed by atoms with Crippen molar-refractivity contribution < 1.29 is 19.0 Å². The number of amides is 1. The van der Waals surface area contributed by atoms with Gasteiger partial charge in [-0.15, -0.1) is 11.3 Å². The van der Waals surface area contributed by atoms with Crippen LogP contribution in [0.3, 0.4) is 0 Å². The molecule has 2 aromatic carbocycles. The third kappa shape index (κ3) is 4.79. The van der Waals surface area contributed by atoms with Crippen LogP contribution in [-0.4, -0.2) is 22.5 Å². The number of nitrogens with one attached hydrogen (secondary N) is 1. The standard InChI is InChI=1S/C23H18BrN3O4S/c24-17-3-1-15(2-4-17)10-27-11-18(9-25-27)26-23(28)22-7-16(13-32-22)12-29-19-5-6-20-21(8-19)31-14-30-20/h1-9,11,13H,10,12,14H2,(H,26,28). The zero-order valence-electron chi connectivity index (χ0n) is 16.8. The number of nitrogens with zero attached hydrogens (tertiary/aromatic N) is 2. The Bertz CT molecular complexity index is 1250. The summed E-state index contributed by atoms with van der Waals surface area (Å²) < 4.78 is 19.3. The molecule has 0 aliphatic carbocycles. The summed E-state index contributed by atoms with van der Waals surface area (Å²) in [5.41, 5.74) is 2.70. The van der Waals surface area contributed by atoms with E-state index in [4.69, 9.17) is 14.2 Å². The summed E-state index contributed by atoms with van der Waals surface area (Å²) in [5.74, 6) is 1.90. The number of rotatable bonds is 7. The number of benzene rings is 2. The summed E-state index contributed by atoms with van der Waals surface area (Å²) in [6.07, 6.45) is 3.46. The summed E-state index contributed by atoms with van der Waals surface area (Å²) >= 11 is 4.81. The van der Waals surface area contributed by atoms with Gasteiger partial charge in [-0.2, -0.15) is 5.10 Å². The minimum absolute atomic E-state index is 0.174. The molecule has 0 bridgehead atoms. The lowest BCUT2D eigenvalue weighted by Gasteiger charge is -2.05. The van der Waals surface area contributed by atoms with E-state index in [1.165, 1.54) is 11.3 Å². The van der Waals surface area contributed by atoms with E-state index >= 15 is 0 Å². The van der Waals surface area contributed by atoms with Crippen molar-refractivity contribution >= 4 is 38.9 Å². The van der Waals surface area contributed by atoms with Gasteiger partial charge in [-0.05, 0) is 41.3 Å². The lowest BCUT2D eigenvalue weighted by Crippen LogP contribution is -2.09. The lowest BCUT2D eigenvalue weighted by atomic mass is 10.2. The van der Waals surface area contributed by atoms with Crippen LogP contribution >= 0.6 is 27.3 Å². The molecular formula is C23H18BrN3O4S. The molecule has 0 saturated carbocycles. The molecule has 0 radical (unpaired) electrons. The second kappa shape index (κ2) is 9.05. The Morgan fingerprint density at radius 1 is 1.12 bits per heavy atom. The Morgan fingerprint density at radius 3 is 2.84 bits per heavy atom. The summed E-state index contributed by atoms with van der Waals surface area (Å²) in [5, 5.41) is 9.14. The highest BCUT2D eigenvalue weighted by Crippen LogP contribution is 2.35. The van der Waals surface area contributed by atoms with Gasteiger partial charge in [-0.25, -0.2) is 0 Å². The van der Waals surface area contributed by atoms with Crippen molar-refractivity contribution in [2.45, 2.75) is 13.2 Å². The highest BCUT2D eigenvalue weighted by Gasteiger charge is 2.15. The van der Waals surface area contributed by atoms with Crippen LogP contribution in [0.5, 0.6) is 17.2 Å². The molecule has 1 aliphatic rings. The van der Waals surface area contributed by atoms with Crippen LogP contribution in [0.1, 0.15) is 20.8 Å². The fourth-order valence-electron chi connectivity index (χ4n) is 3.19. The van der Waals surface area contributed by atoms with Gasteiger partial charge in [0.25, 0.3) is 5.91 Å². The van der Waals surface area contributed by atoms with Crippen molar-refractivity contribution in [1.82, 2.24) is 9.78 Å². The summed E-state index contributed by atoms with van der Waals surface area (Å²) in [7, 11) is 0. The number of carbonyl (C=O) groups excluding carboxylic acids is 1. The van der Waals surface area contributed by atoms with Crippen LogP contribution in [-0.2, 0) is 13.2 Å². The highest BCUT2D eigenvalue weighted by atomic mass is 79.9. The van der Waals surface area contributed by atoms with Crippen LogP contribution < -0.4 is 19.5 Å². The Labute approximate surface area is 196 Å². The maximum atomic E-state index is 12.6. The second-order valence-electron chi connectivity index (χ2n) is 7.13.